The number of anilines is 4. The Bertz CT molecular complexity index is 1410. The van der Waals surface area contributed by atoms with E-state index in [0.717, 1.165) is 57.7 Å². The Kier molecular flexibility index (Phi) is 6.21. The summed E-state index contributed by atoms with van der Waals surface area (Å²) in [5.41, 5.74) is 2.33. The number of halogens is 1. The zero-order chi connectivity index (χ0) is 25.5. The third kappa shape index (κ3) is 4.86. The Morgan fingerprint density at radius 2 is 2.05 bits per heavy atom. The van der Waals surface area contributed by atoms with Crippen molar-refractivity contribution in [2.24, 2.45) is 0 Å². The molecule has 4 heterocycles. The number of piperazine rings is 1. The normalized spacial score (nSPS) is 21.8. The second-order valence-electron chi connectivity index (χ2n) is 9.85. The van der Waals surface area contributed by atoms with Gasteiger partial charge in [0, 0.05) is 45.2 Å². The number of ether oxygens (including phenoxy) is 1. The molecule has 11 nitrogen and oxygen atoms in total. The fourth-order valence-electron chi connectivity index (χ4n) is 4.90. The van der Waals surface area contributed by atoms with Crippen LogP contribution in [0.3, 0.4) is 0 Å². The number of rotatable bonds is 7. The average molecular weight is 519 g/mol. The first kappa shape index (κ1) is 23.7. The van der Waals surface area contributed by atoms with Crippen LogP contribution in [-0.4, -0.2) is 75.5 Å². The number of hydrogen-bond acceptors (Lipinski definition) is 9. The summed E-state index contributed by atoms with van der Waals surface area (Å²) in [6, 6.07) is 6.11. The van der Waals surface area contributed by atoms with Crippen LogP contribution in [0, 0.1) is 17.9 Å². The van der Waals surface area contributed by atoms with Gasteiger partial charge in [-0.15, -0.1) is 4.52 Å². The van der Waals surface area contributed by atoms with E-state index in [1.54, 1.807) is 6.07 Å². The summed E-state index contributed by atoms with van der Waals surface area (Å²) in [5.74, 6) is 1.11. The number of nitriles is 1. The molecule has 3 aliphatic rings. The molecule has 1 aliphatic carbocycles. The molecule has 0 amide bonds. The van der Waals surface area contributed by atoms with Crippen LogP contribution in [0.2, 0.25) is 5.02 Å². The molecule has 3 aromatic rings. The molecule has 37 heavy (non-hydrogen) atoms. The lowest BCUT2D eigenvalue weighted by atomic mass is 10.1. The predicted octanol–water partition coefficient (Wildman–Crippen LogP) is 3.82. The van der Waals surface area contributed by atoms with Gasteiger partial charge < -0.3 is 25.1 Å². The van der Waals surface area contributed by atoms with Crippen LogP contribution in [0.4, 0.5) is 29.0 Å². The van der Waals surface area contributed by atoms with E-state index in [4.69, 9.17) is 22.9 Å². The van der Waals surface area contributed by atoms with Gasteiger partial charge in [0.15, 0.2) is 5.82 Å². The maximum Gasteiger partial charge on any atom is 0.275 e. The summed E-state index contributed by atoms with van der Waals surface area (Å²) in [6.45, 7) is 13.9. The quantitative estimate of drug-likeness (QED) is 0.451. The summed E-state index contributed by atoms with van der Waals surface area (Å²) in [6.07, 6.45) is 5.43. The van der Waals surface area contributed by atoms with Crippen molar-refractivity contribution in [3.8, 4) is 6.07 Å². The van der Waals surface area contributed by atoms with E-state index < -0.39 is 0 Å². The van der Waals surface area contributed by atoms with Crippen LogP contribution < -0.4 is 15.5 Å². The van der Waals surface area contributed by atoms with Gasteiger partial charge in [0.25, 0.3) is 17.4 Å². The van der Waals surface area contributed by atoms with Crippen LogP contribution in [0.25, 0.3) is 10.5 Å². The number of nitrogens with one attached hydrogen (secondary N) is 2. The number of hydrogen-bond donors (Lipinski definition) is 2. The maximum atomic E-state index is 9.72. The molecule has 0 bridgehead atoms. The first-order valence-corrected chi connectivity index (χ1v) is 12.9. The van der Waals surface area contributed by atoms with E-state index in [-0.39, 0.29) is 11.8 Å². The second-order valence-corrected chi connectivity index (χ2v) is 10.2. The van der Waals surface area contributed by atoms with Crippen molar-refractivity contribution < 1.29 is 4.74 Å². The molecule has 190 valence electrons. The SMILES string of the molecule is [C-]#[N+]c1cnc2c(NC3CC3)nc(Nc3cc(C#N)cc(N4CCN(CC5C[C@@H](C)O5)CC4)c3Cl)nn12. The molecule has 3 fully saturated rings. The first-order chi connectivity index (χ1) is 18.0. The topological polar surface area (TPSA) is 111 Å². The van der Waals surface area contributed by atoms with Crippen molar-refractivity contribution in [1.29, 1.82) is 5.26 Å². The number of imidazole rings is 1. The second kappa shape index (κ2) is 9.67. The van der Waals surface area contributed by atoms with Crippen molar-refractivity contribution in [3.05, 3.63) is 40.3 Å². The van der Waals surface area contributed by atoms with Crippen molar-refractivity contribution >= 4 is 46.2 Å². The standard InChI is InChI=1S/C25H27ClN10O/c1-15-9-18(37-15)14-34-5-7-35(8-6-34)20-11-16(12-27)10-19(22(20)26)31-25-32-23(30-17-3-4-17)24-29-13-21(28-2)36(24)33-25/h10-11,13,15,17-18H,3-9,14H2,1H3,(H2,30,31,32,33)/t15-,18?/m1/s1. The lowest BCUT2D eigenvalue weighted by Crippen LogP contribution is -2.51. The molecule has 2 aliphatic heterocycles. The molecule has 0 radical (unpaired) electrons. The van der Waals surface area contributed by atoms with Crippen LogP contribution in [0.5, 0.6) is 0 Å². The predicted molar refractivity (Wildman–Crippen MR) is 141 cm³/mol. The highest BCUT2D eigenvalue weighted by Crippen LogP contribution is 2.37. The highest BCUT2D eigenvalue weighted by atomic mass is 35.5. The van der Waals surface area contributed by atoms with Crippen molar-refractivity contribution in [1.82, 2.24) is 24.5 Å². The van der Waals surface area contributed by atoms with E-state index in [1.165, 1.54) is 10.7 Å². The Hall–Kier alpha value is -3.64. The monoisotopic (exact) mass is 518 g/mol. The van der Waals surface area contributed by atoms with Crippen LogP contribution in [-0.2, 0) is 4.74 Å². The highest BCUT2D eigenvalue weighted by Gasteiger charge is 2.30. The molecule has 2 atom stereocenters. The fraction of sp³-hybridized carbons (Fsp3) is 0.480. The summed E-state index contributed by atoms with van der Waals surface area (Å²) in [4.78, 5) is 17.1. The van der Waals surface area contributed by atoms with E-state index in [1.807, 2.05) is 6.07 Å². The first-order valence-electron chi connectivity index (χ1n) is 12.5. The van der Waals surface area contributed by atoms with Crippen molar-refractivity contribution in [2.45, 2.75) is 44.4 Å². The molecule has 1 aromatic carbocycles. The maximum absolute atomic E-state index is 9.72. The molecular formula is C25H27ClN10O. The highest BCUT2D eigenvalue weighted by molar-refractivity contribution is 6.36. The smallest absolute Gasteiger partial charge is 0.275 e. The Labute approximate surface area is 219 Å². The van der Waals surface area contributed by atoms with Crippen LogP contribution >= 0.6 is 11.6 Å². The molecular weight excluding hydrogens is 492 g/mol. The van der Waals surface area contributed by atoms with E-state index in [9.17, 15) is 5.26 Å². The minimum Gasteiger partial charge on any atom is -0.374 e. The van der Waals surface area contributed by atoms with Gasteiger partial charge in [-0.3, -0.25) is 4.90 Å². The lowest BCUT2D eigenvalue weighted by molar-refractivity contribution is -0.124. The van der Waals surface area contributed by atoms with Gasteiger partial charge in [-0.1, -0.05) is 23.3 Å². The summed E-state index contributed by atoms with van der Waals surface area (Å²) in [5, 5.41) is 21.3. The lowest BCUT2D eigenvalue weighted by Gasteiger charge is -2.41. The molecule has 2 aromatic heterocycles. The molecule has 0 spiro atoms. The van der Waals surface area contributed by atoms with Crippen molar-refractivity contribution in [2.75, 3.05) is 48.3 Å². The molecule has 2 N–H and O–H groups in total. The molecule has 1 saturated carbocycles. The van der Waals surface area contributed by atoms with Gasteiger partial charge >= 0.3 is 0 Å². The number of nitrogens with zero attached hydrogens (tertiary/aromatic N) is 8. The van der Waals surface area contributed by atoms with E-state index in [0.29, 0.717) is 46.0 Å². The van der Waals surface area contributed by atoms with Gasteiger partial charge in [0.1, 0.15) is 0 Å². The minimum atomic E-state index is 0.265. The number of benzene rings is 1. The van der Waals surface area contributed by atoms with Crippen LogP contribution in [0.15, 0.2) is 18.3 Å². The van der Waals surface area contributed by atoms with E-state index >= 15 is 0 Å². The number of fused-ring (bicyclic) bond motifs is 1. The molecule has 1 unspecified atom stereocenters. The third-order valence-corrected chi connectivity index (χ3v) is 7.40. The average Bonchev–Trinajstić information content (AvgIpc) is 3.60. The van der Waals surface area contributed by atoms with Gasteiger partial charge in [0.2, 0.25) is 0 Å². The third-order valence-electron chi connectivity index (χ3n) is 7.00. The Morgan fingerprint density at radius 1 is 1.27 bits per heavy atom. The molecule has 2 saturated heterocycles. The van der Waals surface area contributed by atoms with Crippen molar-refractivity contribution in [3.63, 3.8) is 0 Å². The molecule has 12 heteroatoms. The molecule has 6 rings (SSSR count). The zero-order valence-electron chi connectivity index (χ0n) is 20.5. The summed E-state index contributed by atoms with van der Waals surface area (Å²) >= 11 is 6.89. The minimum absolute atomic E-state index is 0.265. The number of aromatic nitrogens is 4. The Balaban J connectivity index is 1.25. The van der Waals surface area contributed by atoms with Gasteiger partial charge in [-0.2, -0.15) is 10.2 Å². The van der Waals surface area contributed by atoms with Gasteiger partial charge in [0.05, 0.1) is 46.4 Å². The van der Waals surface area contributed by atoms with Crippen LogP contribution in [0.1, 0.15) is 31.7 Å². The summed E-state index contributed by atoms with van der Waals surface area (Å²) < 4.78 is 7.26. The fourth-order valence-corrected chi connectivity index (χ4v) is 5.17. The zero-order valence-corrected chi connectivity index (χ0v) is 21.2. The van der Waals surface area contributed by atoms with Gasteiger partial charge in [-0.05, 0) is 31.9 Å². The van der Waals surface area contributed by atoms with E-state index in [2.05, 4.69) is 53.3 Å². The van der Waals surface area contributed by atoms with Gasteiger partial charge in [-0.25, -0.2) is 4.98 Å². The Morgan fingerprint density at radius 3 is 2.73 bits per heavy atom. The largest absolute Gasteiger partial charge is 0.374 e. The summed E-state index contributed by atoms with van der Waals surface area (Å²) in [7, 11) is 0.